The third-order valence-electron chi connectivity index (χ3n) is 0.916. The van der Waals surface area contributed by atoms with Gasteiger partial charge in [-0.2, -0.15) is 0 Å². The molecule has 0 atom stereocenters. The van der Waals surface area contributed by atoms with Crippen molar-refractivity contribution >= 4 is 34.9 Å². The lowest BCUT2D eigenvalue weighted by Crippen LogP contribution is -2.12. The lowest BCUT2D eigenvalue weighted by Gasteiger charge is -1.96. The van der Waals surface area contributed by atoms with Crippen LogP contribution < -0.4 is 0 Å². The summed E-state index contributed by atoms with van der Waals surface area (Å²) >= 11 is 10.8. The molecule has 0 unspecified atom stereocenters. The van der Waals surface area contributed by atoms with Gasteiger partial charge in [0.15, 0.2) is 5.71 Å². The van der Waals surface area contributed by atoms with Crippen LogP contribution in [-0.2, 0) is 4.79 Å². The van der Waals surface area contributed by atoms with E-state index < -0.39 is 5.97 Å². The van der Waals surface area contributed by atoms with Gasteiger partial charge in [-0.05, 0) is 6.92 Å². The summed E-state index contributed by atoms with van der Waals surface area (Å²) in [5.41, 5.74) is -0.347. The molecule has 0 saturated heterocycles. The lowest BCUT2D eigenvalue weighted by atomic mass is 10.4. The van der Waals surface area contributed by atoms with Crippen LogP contribution in [0.25, 0.3) is 0 Å². The number of nitrogens with zero attached hydrogens (tertiary/aromatic N) is 1. The molecule has 0 radical (unpaired) electrons. The third-order valence-corrected chi connectivity index (χ3v) is 1.40. The summed E-state index contributed by atoms with van der Waals surface area (Å²) in [6.07, 6.45) is 1.45. The molecule has 0 aromatic carbocycles. The van der Waals surface area contributed by atoms with Crippen molar-refractivity contribution in [3.8, 4) is 0 Å². The zero-order chi connectivity index (χ0) is 9.72. The molecule has 0 heterocycles. The van der Waals surface area contributed by atoms with Crippen molar-refractivity contribution in [1.82, 2.24) is 0 Å². The Bertz CT molecular complexity index is 253. The van der Waals surface area contributed by atoms with E-state index >= 15 is 0 Å². The summed E-state index contributed by atoms with van der Waals surface area (Å²) < 4.78 is 0. The van der Waals surface area contributed by atoms with Gasteiger partial charge in [-0.25, -0.2) is 9.79 Å². The summed E-state index contributed by atoms with van der Waals surface area (Å²) in [6, 6.07) is 0. The standard InChI is InChI=1S/C7H7Cl2NO2/c1-3-5(9)10-6(4(2)8)7(11)12/h3H,2H2,1H3,(H,11,12)/b5-3-,10-6?. The molecule has 12 heavy (non-hydrogen) atoms. The second kappa shape index (κ2) is 4.95. The smallest absolute Gasteiger partial charge is 0.356 e. The van der Waals surface area contributed by atoms with Crippen molar-refractivity contribution in [2.45, 2.75) is 6.92 Å². The van der Waals surface area contributed by atoms with E-state index in [0.717, 1.165) is 0 Å². The molecule has 0 aromatic rings. The highest BCUT2D eigenvalue weighted by Gasteiger charge is 2.11. The predicted molar refractivity (Wildman–Crippen MR) is 49.7 cm³/mol. The Morgan fingerprint density at radius 1 is 1.58 bits per heavy atom. The maximum atomic E-state index is 10.4. The third kappa shape index (κ3) is 3.55. The molecule has 0 bridgehead atoms. The number of aliphatic imine (C=N–C) groups is 1. The van der Waals surface area contributed by atoms with Gasteiger partial charge >= 0.3 is 5.97 Å². The minimum absolute atomic E-state index is 0.0641. The van der Waals surface area contributed by atoms with Crippen LogP contribution in [0.4, 0.5) is 0 Å². The van der Waals surface area contributed by atoms with Gasteiger partial charge in [0.25, 0.3) is 0 Å². The van der Waals surface area contributed by atoms with E-state index in [4.69, 9.17) is 28.3 Å². The van der Waals surface area contributed by atoms with Gasteiger partial charge in [-0.1, -0.05) is 35.9 Å². The molecule has 0 aliphatic heterocycles. The van der Waals surface area contributed by atoms with Crippen LogP contribution in [0.3, 0.4) is 0 Å². The molecular formula is C7H7Cl2NO2. The number of rotatable bonds is 3. The average molecular weight is 208 g/mol. The molecule has 0 aliphatic carbocycles. The van der Waals surface area contributed by atoms with Crippen LogP contribution in [-0.4, -0.2) is 16.8 Å². The van der Waals surface area contributed by atoms with E-state index in [2.05, 4.69) is 11.6 Å². The Labute approximate surface area is 80.0 Å². The van der Waals surface area contributed by atoms with E-state index in [0.29, 0.717) is 0 Å². The lowest BCUT2D eigenvalue weighted by molar-refractivity contribution is -0.129. The highest BCUT2D eigenvalue weighted by atomic mass is 35.5. The second-order valence-electron chi connectivity index (χ2n) is 1.78. The Balaban J connectivity index is 4.87. The molecule has 5 heteroatoms. The Kier molecular flexibility index (Phi) is 4.62. The van der Waals surface area contributed by atoms with Crippen molar-refractivity contribution in [1.29, 1.82) is 0 Å². The number of carboxylic acids is 1. The predicted octanol–water partition coefficient (Wildman–Crippen LogP) is 2.36. The van der Waals surface area contributed by atoms with Crippen molar-refractivity contribution in [2.75, 3.05) is 0 Å². The first-order chi connectivity index (χ1) is 5.49. The molecule has 0 fully saturated rings. The molecule has 0 aliphatic rings. The van der Waals surface area contributed by atoms with Crippen LogP contribution in [0.5, 0.6) is 0 Å². The van der Waals surface area contributed by atoms with E-state index in [1.54, 1.807) is 6.92 Å². The summed E-state index contributed by atoms with van der Waals surface area (Å²) in [5.74, 6) is -1.25. The van der Waals surface area contributed by atoms with Crippen LogP contribution in [0.2, 0.25) is 0 Å². The average Bonchev–Trinajstić information content (AvgIpc) is 1.98. The molecular weight excluding hydrogens is 201 g/mol. The van der Waals surface area contributed by atoms with Crippen LogP contribution in [0, 0.1) is 0 Å². The fourth-order valence-electron chi connectivity index (χ4n) is 0.396. The molecule has 0 spiro atoms. The largest absolute Gasteiger partial charge is 0.476 e. The summed E-state index contributed by atoms with van der Waals surface area (Å²) in [4.78, 5) is 13.9. The molecule has 1 N–H and O–H groups in total. The minimum Gasteiger partial charge on any atom is -0.476 e. The Morgan fingerprint density at radius 3 is 2.33 bits per heavy atom. The van der Waals surface area contributed by atoms with Gasteiger partial charge in [-0.3, -0.25) is 0 Å². The summed E-state index contributed by atoms with van der Waals surface area (Å²) in [6.45, 7) is 4.86. The van der Waals surface area contributed by atoms with Gasteiger partial charge in [-0.15, -0.1) is 0 Å². The number of allylic oxidation sites excluding steroid dienone is 1. The Morgan fingerprint density at radius 2 is 2.08 bits per heavy atom. The van der Waals surface area contributed by atoms with Gasteiger partial charge in [0, 0.05) is 0 Å². The number of hydrogen-bond donors (Lipinski definition) is 1. The quantitative estimate of drug-likeness (QED) is 0.571. The highest BCUT2D eigenvalue weighted by molar-refractivity contribution is 6.58. The van der Waals surface area contributed by atoms with E-state index in [1.165, 1.54) is 6.08 Å². The molecule has 66 valence electrons. The van der Waals surface area contributed by atoms with E-state index in [9.17, 15) is 4.79 Å². The first-order valence-electron chi connectivity index (χ1n) is 2.97. The number of aliphatic carboxylic acids is 1. The van der Waals surface area contributed by atoms with Crippen LogP contribution in [0.15, 0.2) is 27.8 Å². The number of halogens is 2. The molecule has 0 rings (SSSR count). The normalized spacial score (nSPS) is 12.9. The minimum atomic E-state index is -1.25. The number of carbonyl (C=O) groups is 1. The van der Waals surface area contributed by atoms with Crippen molar-refractivity contribution in [2.24, 2.45) is 4.99 Å². The molecule has 3 nitrogen and oxygen atoms in total. The topological polar surface area (TPSA) is 49.7 Å². The molecule has 0 saturated carbocycles. The fraction of sp³-hybridized carbons (Fsp3) is 0.143. The van der Waals surface area contributed by atoms with Gasteiger partial charge < -0.3 is 5.11 Å². The van der Waals surface area contributed by atoms with Crippen molar-refractivity contribution < 1.29 is 9.90 Å². The molecule has 0 aromatic heterocycles. The zero-order valence-corrected chi connectivity index (χ0v) is 7.85. The van der Waals surface area contributed by atoms with Crippen molar-refractivity contribution in [3.63, 3.8) is 0 Å². The SMILES string of the molecule is C=C(Cl)C(=N/C(Cl)=C\C)C(=O)O. The monoisotopic (exact) mass is 207 g/mol. The van der Waals surface area contributed by atoms with Gasteiger partial charge in [0.2, 0.25) is 0 Å². The summed E-state index contributed by atoms with van der Waals surface area (Å²) in [5, 5.41) is 8.44. The first kappa shape index (κ1) is 11.2. The zero-order valence-electron chi connectivity index (χ0n) is 6.34. The van der Waals surface area contributed by atoms with Crippen LogP contribution in [0.1, 0.15) is 6.92 Å². The van der Waals surface area contributed by atoms with Crippen LogP contribution >= 0.6 is 23.2 Å². The number of hydrogen-bond acceptors (Lipinski definition) is 2. The first-order valence-corrected chi connectivity index (χ1v) is 3.73. The van der Waals surface area contributed by atoms with E-state index in [-0.39, 0.29) is 15.9 Å². The summed E-state index contributed by atoms with van der Waals surface area (Å²) in [7, 11) is 0. The van der Waals surface area contributed by atoms with Crippen molar-refractivity contribution in [3.05, 3.63) is 22.8 Å². The molecule has 0 amide bonds. The maximum Gasteiger partial charge on any atom is 0.356 e. The highest BCUT2D eigenvalue weighted by Crippen LogP contribution is 2.08. The second-order valence-corrected chi connectivity index (χ2v) is 2.63. The van der Waals surface area contributed by atoms with E-state index in [1.807, 2.05) is 0 Å². The fourth-order valence-corrected chi connectivity index (χ4v) is 0.603. The number of carboxylic acid groups (broad SMARTS) is 1. The van der Waals surface area contributed by atoms with Gasteiger partial charge in [0.1, 0.15) is 5.16 Å². The maximum absolute atomic E-state index is 10.4. The van der Waals surface area contributed by atoms with Gasteiger partial charge in [0.05, 0.1) is 5.03 Å². The Hall–Kier alpha value is -0.800.